The van der Waals surface area contributed by atoms with Crippen molar-refractivity contribution in [1.29, 1.82) is 0 Å². The van der Waals surface area contributed by atoms with Gasteiger partial charge in [-0.3, -0.25) is 4.99 Å². The molecular formula is C16H33IN4O. The molecule has 0 radical (unpaired) electrons. The van der Waals surface area contributed by atoms with Crippen LogP contribution in [-0.2, 0) is 4.74 Å². The van der Waals surface area contributed by atoms with E-state index < -0.39 is 0 Å². The molecule has 0 spiro atoms. The number of aliphatic imine (C=N–C) groups is 1. The fraction of sp³-hybridized carbons (Fsp3) is 0.938. The summed E-state index contributed by atoms with van der Waals surface area (Å²) in [4.78, 5) is 9.22. The summed E-state index contributed by atoms with van der Waals surface area (Å²) in [5, 5.41) is 3.50. The quantitative estimate of drug-likeness (QED) is 0.417. The molecule has 0 aromatic rings. The van der Waals surface area contributed by atoms with Gasteiger partial charge in [-0.15, -0.1) is 24.0 Å². The molecule has 130 valence electrons. The van der Waals surface area contributed by atoms with Gasteiger partial charge in [-0.1, -0.05) is 12.8 Å². The van der Waals surface area contributed by atoms with Crippen LogP contribution in [0.25, 0.3) is 0 Å². The molecule has 2 fully saturated rings. The van der Waals surface area contributed by atoms with Crippen LogP contribution in [0.4, 0.5) is 0 Å². The van der Waals surface area contributed by atoms with Crippen molar-refractivity contribution in [2.75, 3.05) is 60.0 Å². The Labute approximate surface area is 152 Å². The van der Waals surface area contributed by atoms with Crippen LogP contribution in [0.15, 0.2) is 4.99 Å². The molecular weight excluding hydrogens is 391 g/mol. The second-order valence-corrected chi connectivity index (χ2v) is 6.34. The molecule has 2 rings (SSSR count). The standard InChI is InChI=1S/C16H32N4O.HI/c1-17-16(19(2)13-15-7-12-21-14-15)18-8-11-20-9-5-3-4-6-10-20;/h15H,3-14H2,1-2H3,(H,17,18);1H. The molecule has 2 aliphatic heterocycles. The van der Waals surface area contributed by atoms with E-state index in [2.05, 4.69) is 27.2 Å². The van der Waals surface area contributed by atoms with E-state index in [1.54, 1.807) is 0 Å². The van der Waals surface area contributed by atoms with Gasteiger partial charge in [-0.05, 0) is 32.4 Å². The lowest BCUT2D eigenvalue weighted by molar-refractivity contribution is 0.181. The minimum absolute atomic E-state index is 0. The Hall–Kier alpha value is -0.0800. The Kier molecular flexibility index (Phi) is 10.4. The van der Waals surface area contributed by atoms with Crippen molar-refractivity contribution in [2.24, 2.45) is 10.9 Å². The van der Waals surface area contributed by atoms with Crippen molar-refractivity contribution in [3.63, 3.8) is 0 Å². The minimum Gasteiger partial charge on any atom is -0.381 e. The third-order valence-corrected chi connectivity index (χ3v) is 4.54. The predicted molar refractivity (Wildman–Crippen MR) is 103 cm³/mol. The van der Waals surface area contributed by atoms with Crippen molar-refractivity contribution in [1.82, 2.24) is 15.1 Å². The largest absolute Gasteiger partial charge is 0.381 e. The first-order valence-electron chi connectivity index (χ1n) is 8.51. The zero-order valence-corrected chi connectivity index (χ0v) is 16.6. The van der Waals surface area contributed by atoms with Crippen molar-refractivity contribution in [3.05, 3.63) is 0 Å². The van der Waals surface area contributed by atoms with Crippen LogP contribution < -0.4 is 5.32 Å². The number of hydrogen-bond acceptors (Lipinski definition) is 3. The molecule has 2 aliphatic rings. The Morgan fingerprint density at radius 1 is 1.27 bits per heavy atom. The van der Waals surface area contributed by atoms with E-state index in [0.29, 0.717) is 5.92 Å². The van der Waals surface area contributed by atoms with E-state index in [-0.39, 0.29) is 24.0 Å². The number of nitrogens with zero attached hydrogens (tertiary/aromatic N) is 3. The first-order valence-corrected chi connectivity index (χ1v) is 8.51. The van der Waals surface area contributed by atoms with Crippen LogP contribution in [0, 0.1) is 5.92 Å². The molecule has 6 heteroatoms. The lowest BCUT2D eigenvalue weighted by Crippen LogP contribution is -2.44. The normalized spacial score (nSPS) is 23.7. The van der Waals surface area contributed by atoms with E-state index in [1.165, 1.54) is 45.2 Å². The third-order valence-electron chi connectivity index (χ3n) is 4.54. The Morgan fingerprint density at radius 3 is 2.59 bits per heavy atom. The molecule has 1 unspecified atom stereocenters. The average molecular weight is 424 g/mol. The fourth-order valence-corrected chi connectivity index (χ4v) is 3.27. The molecule has 0 aliphatic carbocycles. The number of nitrogens with one attached hydrogen (secondary N) is 1. The second-order valence-electron chi connectivity index (χ2n) is 6.34. The van der Waals surface area contributed by atoms with Gasteiger partial charge in [0.1, 0.15) is 0 Å². The minimum atomic E-state index is 0. The van der Waals surface area contributed by atoms with Crippen LogP contribution in [-0.4, -0.2) is 75.8 Å². The maximum absolute atomic E-state index is 5.45. The highest BCUT2D eigenvalue weighted by atomic mass is 127. The molecule has 1 atom stereocenters. The Balaban J connectivity index is 0.00000242. The summed E-state index contributed by atoms with van der Waals surface area (Å²) in [5.74, 6) is 1.66. The highest BCUT2D eigenvalue weighted by molar-refractivity contribution is 14.0. The molecule has 1 N–H and O–H groups in total. The first-order chi connectivity index (χ1) is 10.3. The molecule has 0 aromatic carbocycles. The number of likely N-dealkylation sites (tertiary alicyclic amines) is 1. The zero-order chi connectivity index (χ0) is 14.9. The summed E-state index contributed by atoms with van der Waals surface area (Å²) in [6.07, 6.45) is 6.69. The van der Waals surface area contributed by atoms with E-state index in [0.717, 1.165) is 38.8 Å². The second kappa shape index (κ2) is 11.5. The van der Waals surface area contributed by atoms with Crippen LogP contribution in [0.3, 0.4) is 0 Å². The van der Waals surface area contributed by atoms with E-state index in [1.807, 2.05) is 7.05 Å². The van der Waals surface area contributed by atoms with Crippen molar-refractivity contribution < 1.29 is 4.74 Å². The number of ether oxygens (including phenoxy) is 1. The van der Waals surface area contributed by atoms with Gasteiger partial charge in [0.15, 0.2) is 5.96 Å². The van der Waals surface area contributed by atoms with Gasteiger partial charge in [-0.2, -0.15) is 0 Å². The summed E-state index contributed by atoms with van der Waals surface area (Å²) in [7, 11) is 4.00. The highest BCUT2D eigenvalue weighted by Gasteiger charge is 2.19. The summed E-state index contributed by atoms with van der Waals surface area (Å²) < 4.78 is 5.45. The van der Waals surface area contributed by atoms with Crippen LogP contribution in [0.2, 0.25) is 0 Å². The Morgan fingerprint density at radius 2 is 2.00 bits per heavy atom. The maximum atomic E-state index is 5.45. The number of hydrogen-bond donors (Lipinski definition) is 1. The average Bonchev–Trinajstić information content (AvgIpc) is 2.85. The van der Waals surface area contributed by atoms with Crippen LogP contribution >= 0.6 is 24.0 Å². The lowest BCUT2D eigenvalue weighted by atomic mass is 10.1. The van der Waals surface area contributed by atoms with E-state index in [9.17, 15) is 0 Å². The van der Waals surface area contributed by atoms with Gasteiger partial charge >= 0.3 is 0 Å². The first kappa shape index (κ1) is 20.0. The maximum Gasteiger partial charge on any atom is 0.193 e. The van der Waals surface area contributed by atoms with Crippen molar-refractivity contribution in [2.45, 2.75) is 32.1 Å². The van der Waals surface area contributed by atoms with Gasteiger partial charge in [0.05, 0.1) is 6.61 Å². The van der Waals surface area contributed by atoms with Crippen molar-refractivity contribution in [3.8, 4) is 0 Å². The third kappa shape index (κ3) is 7.00. The molecule has 0 bridgehead atoms. The van der Waals surface area contributed by atoms with Crippen LogP contribution in [0.1, 0.15) is 32.1 Å². The topological polar surface area (TPSA) is 40.1 Å². The van der Waals surface area contributed by atoms with Gasteiger partial charge in [0.25, 0.3) is 0 Å². The van der Waals surface area contributed by atoms with Gasteiger partial charge < -0.3 is 19.9 Å². The van der Waals surface area contributed by atoms with Gasteiger partial charge in [0, 0.05) is 46.3 Å². The monoisotopic (exact) mass is 424 g/mol. The summed E-state index contributed by atoms with van der Waals surface area (Å²) in [6.45, 7) is 7.47. The Bertz CT molecular complexity index is 313. The fourth-order valence-electron chi connectivity index (χ4n) is 3.27. The SMILES string of the molecule is CN=C(NCCN1CCCCCC1)N(C)CC1CCOC1.I. The molecule has 22 heavy (non-hydrogen) atoms. The summed E-state index contributed by atoms with van der Waals surface area (Å²) in [5.41, 5.74) is 0. The smallest absolute Gasteiger partial charge is 0.193 e. The van der Waals surface area contributed by atoms with E-state index in [4.69, 9.17) is 4.74 Å². The summed E-state index contributed by atoms with van der Waals surface area (Å²) in [6, 6.07) is 0. The predicted octanol–water partition coefficient (Wildman–Crippen LogP) is 2.02. The molecule has 0 saturated carbocycles. The molecule has 2 saturated heterocycles. The number of rotatable bonds is 5. The molecule has 0 aromatic heterocycles. The van der Waals surface area contributed by atoms with E-state index >= 15 is 0 Å². The molecule has 5 nitrogen and oxygen atoms in total. The van der Waals surface area contributed by atoms with Crippen LogP contribution in [0.5, 0.6) is 0 Å². The molecule has 0 amide bonds. The van der Waals surface area contributed by atoms with Crippen molar-refractivity contribution >= 4 is 29.9 Å². The van der Waals surface area contributed by atoms with Gasteiger partial charge in [-0.25, -0.2) is 0 Å². The van der Waals surface area contributed by atoms with Gasteiger partial charge in [0.2, 0.25) is 0 Å². The lowest BCUT2D eigenvalue weighted by Gasteiger charge is -2.26. The highest BCUT2D eigenvalue weighted by Crippen LogP contribution is 2.13. The zero-order valence-electron chi connectivity index (χ0n) is 14.2. The summed E-state index contributed by atoms with van der Waals surface area (Å²) >= 11 is 0. The number of guanidine groups is 1. The molecule has 2 heterocycles. The number of halogens is 1.